The van der Waals surface area contributed by atoms with E-state index >= 15 is 0 Å². The van der Waals surface area contributed by atoms with Gasteiger partial charge in [0.25, 0.3) is 0 Å². The lowest BCUT2D eigenvalue weighted by atomic mass is 10.1. The largest absolute Gasteiger partial charge is 0.388 e. The summed E-state index contributed by atoms with van der Waals surface area (Å²) in [6, 6.07) is 0. The van der Waals surface area contributed by atoms with Gasteiger partial charge >= 0.3 is 0 Å². The van der Waals surface area contributed by atoms with Gasteiger partial charge in [-0.3, -0.25) is 0 Å². The zero-order chi connectivity index (χ0) is 10.5. The molecule has 0 radical (unpaired) electrons. The third-order valence-corrected chi connectivity index (χ3v) is 2.12. The van der Waals surface area contributed by atoms with E-state index in [1.165, 1.54) is 0 Å². The van der Waals surface area contributed by atoms with E-state index in [1.807, 2.05) is 25.9 Å². The van der Waals surface area contributed by atoms with E-state index in [2.05, 4.69) is 18.7 Å². The molecule has 0 saturated carbocycles. The first-order chi connectivity index (χ1) is 5.91. The summed E-state index contributed by atoms with van der Waals surface area (Å²) in [6.07, 6.45) is 0. The smallest absolute Gasteiger partial charge is 0.0871 e. The molecule has 0 bridgehead atoms. The van der Waals surface area contributed by atoms with Crippen LogP contribution in [0, 0.1) is 0 Å². The molecule has 1 N–H and O–H groups in total. The molecule has 0 amide bonds. The van der Waals surface area contributed by atoms with E-state index in [4.69, 9.17) is 0 Å². The van der Waals surface area contributed by atoms with Gasteiger partial charge in [0.1, 0.15) is 0 Å². The molecule has 0 aromatic heterocycles. The molecule has 13 heavy (non-hydrogen) atoms. The van der Waals surface area contributed by atoms with E-state index in [0.717, 1.165) is 19.6 Å². The van der Waals surface area contributed by atoms with Gasteiger partial charge in [-0.15, -0.1) is 0 Å². The Morgan fingerprint density at radius 1 is 1.08 bits per heavy atom. The van der Waals surface area contributed by atoms with Crippen LogP contribution in [0.3, 0.4) is 0 Å². The van der Waals surface area contributed by atoms with E-state index in [1.54, 1.807) is 0 Å². The zero-order valence-corrected chi connectivity index (χ0v) is 9.67. The third kappa shape index (κ3) is 6.02. The van der Waals surface area contributed by atoms with Gasteiger partial charge in [-0.05, 0) is 34.1 Å². The molecule has 0 aliphatic carbocycles. The Morgan fingerprint density at radius 3 is 1.85 bits per heavy atom. The lowest BCUT2D eigenvalue weighted by Crippen LogP contribution is -2.47. The van der Waals surface area contributed by atoms with Crippen LogP contribution in [0.25, 0.3) is 0 Å². The van der Waals surface area contributed by atoms with Gasteiger partial charge in [-0.2, -0.15) is 0 Å². The van der Waals surface area contributed by atoms with Gasteiger partial charge in [0, 0.05) is 13.1 Å². The van der Waals surface area contributed by atoms with Crippen molar-refractivity contribution in [2.75, 3.05) is 40.3 Å². The SMILES string of the molecule is CCN(CC)CC(C)(O)CN(C)C. The number of likely N-dealkylation sites (N-methyl/N-ethyl adjacent to an activating group) is 2. The molecule has 1 unspecified atom stereocenters. The molecular weight excluding hydrogens is 164 g/mol. The Balaban J connectivity index is 3.98. The highest BCUT2D eigenvalue weighted by atomic mass is 16.3. The van der Waals surface area contributed by atoms with Crippen LogP contribution in [0.15, 0.2) is 0 Å². The minimum Gasteiger partial charge on any atom is -0.388 e. The minimum absolute atomic E-state index is 0.602. The Morgan fingerprint density at radius 2 is 1.54 bits per heavy atom. The highest BCUT2D eigenvalue weighted by molar-refractivity contribution is 4.79. The lowest BCUT2D eigenvalue weighted by molar-refractivity contribution is 0.00237. The van der Waals surface area contributed by atoms with E-state index in [9.17, 15) is 5.11 Å². The Bertz CT molecular complexity index is 131. The predicted octanol–water partition coefficient (Wildman–Crippen LogP) is 0.641. The maximum atomic E-state index is 10.0. The monoisotopic (exact) mass is 188 g/mol. The number of nitrogens with zero attached hydrogens (tertiary/aromatic N) is 2. The number of hydrogen-bond acceptors (Lipinski definition) is 3. The molecule has 0 aliphatic rings. The highest BCUT2D eigenvalue weighted by Gasteiger charge is 2.23. The van der Waals surface area contributed by atoms with Crippen LogP contribution >= 0.6 is 0 Å². The van der Waals surface area contributed by atoms with Crippen molar-refractivity contribution in [1.82, 2.24) is 9.80 Å². The molecule has 0 aromatic rings. The molecule has 0 aliphatic heterocycles. The fourth-order valence-electron chi connectivity index (χ4n) is 1.66. The van der Waals surface area contributed by atoms with Crippen molar-refractivity contribution in [2.24, 2.45) is 0 Å². The predicted molar refractivity (Wildman–Crippen MR) is 57.0 cm³/mol. The average Bonchev–Trinajstić information content (AvgIpc) is 1.97. The van der Waals surface area contributed by atoms with E-state index in [0.29, 0.717) is 6.54 Å². The summed E-state index contributed by atoms with van der Waals surface area (Å²) in [5.41, 5.74) is -0.602. The minimum atomic E-state index is -0.602. The molecular formula is C10H24N2O. The van der Waals surface area contributed by atoms with Crippen LogP contribution in [0.4, 0.5) is 0 Å². The second-order valence-electron chi connectivity index (χ2n) is 4.20. The maximum Gasteiger partial charge on any atom is 0.0871 e. The summed E-state index contributed by atoms with van der Waals surface area (Å²) in [5.74, 6) is 0. The Kier molecular flexibility index (Phi) is 5.53. The normalized spacial score (nSPS) is 16.6. The van der Waals surface area contributed by atoms with Crippen LogP contribution < -0.4 is 0 Å². The summed E-state index contributed by atoms with van der Waals surface area (Å²) >= 11 is 0. The number of aliphatic hydroxyl groups is 1. The average molecular weight is 188 g/mol. The molecule has 0 aromatic carbocycles. The second-order valence-corrected chi connectivity index (χ2v) is 4.20. The summed E-state index contributed by atoms with van der Waals surface area (Å²) in [7, 11) is 3.97. The summed E-state index contributed by atoms with van der Waals surface area (Å²) in [4.78, 5) is 4.26. The summed E-state index contributed by atoms with van der Waals surface area (Å²) < 4.78 is 0. The van der Waals surface area contributed by atoms with Crippen molar-refractivity contribution in [3.63, 3.8) is 0 Å². The van der Waals surface area contributed by atoms with E-state index < -0.39 is 5.60 Å². The van der Waals surface area contributed by atoms with Crippen molar-refractivity contribution < 1.29 is 5.11 Å². The maximum absolute atomic E-state index is 10.0. The Hall–Kier alpha value is -0.120. The van der Waals surface area contributed by atoms with Crippen molar-refractivity contribution in [2.45, 2.75) is 26.4 Å². The van der Waals surface area contributed by atoms with Crippen molar-refractivity contribution in [1.29, 1.82) is 0 Å². The topological polar surface area (TPSA) is 26.7 Å². The molecule has 0 rings (SSSR count). The van der Waals surface area contributed by atoms with Crippen molar-refractivity contribution in [3.05, 3.63) is 0 Å². The summed E-state index contributed by atoms with van der Waals surface area (Å²) in [5, 5.41) is 10.0. The first-order valence-corrected chi connectivity index (χ1v) is 5.00. The number of hydrogen-bond donors (Lipinski definition) is 1. The lowest BCUT2D eigenvalue weighted by Gasteiger charge is -2.32. The van der Waals surface area contributed by atoms with Crippen LogP contribution in [0.1, 0.15) is 20.8 Å². The van der Waals surface area contributed by atoms with Gasteiger partial charge in [0.2, 0.25) is 0 Å². The quantitative estimate of drug-likeness (QED) is 0.663. The van der Waals surface area contributed by atoms with Gasteiger partial charge in [-0.1, -0.05) is 13.8 Å². The summed E-state index contributed by atoms with van der Waals surface area (Å²) in [6.45, 7) is 9.59. The van der Waals surface area contributed by atoms with Crippen LogP contribution in [-0.4, -0.2) is 60.8 Å². The van der Waals surface area contributed by atoms with Crippen LogP contribution in [-0.2, 0) is 0 Å². The molecule has 80 valence electrons. The fourth-order valence-corrected chi connectivity index (χ4v) is 1.66. The van der Waals surface area contributed by atoms with Crippen molar-refractivity contribution in [3.8, 4) is 0 Å². The number of rotatable bonds is 6. The highest BCUT2D eigenvalue weighted by Crippen LogP contribution is 2.07. The van der Waals surface area contributed by atoms with Crippen molar-refractivity contribution >= 4 is 0 Å². The third-order valence-electron chi connectivity index (χ3n) is 2.12. The molecule has 3 nitrogen and oxygen atoms in total. The van der Waals surface area contributed by atoms with Gasteiger partial charge in [0.15, 0.2) is 0 Å². The standard InChI is InChI=1S/C10H24N2O/c1-6-12(7-2)9-10(3,13)8-11(4)5/h13H,6-9H2,1-5H3. The molecule has 0 fully saturated rings. The Labute approximate surface area is 82.3 Å². The van der Waals surface area contributed by atoms with Gasteiger partial charge in [0.05, 0.1) is 5.60 Å². The molecule has 0 saturated heterocycles. The van der Waals surface area contributed by atoms with Gasteiger partial charge in [-0.25, -0.2) is 0 Å². The van der Waals surface area contributed by atoms with E-state index in [-0.39, 0.29) is 0 Å². The first kappa shape index (κ1) is 12.9. The first-order valence-electron chi connectivity index (χ1n) is 5.00. The second kappa shape index (κ2) is 5.58. The molecule has 0 heterocycles. The molecule has 0 spiro atoms. The van der Waals surface area contributed by atoms with Crippen LogP contribution in [0.5, 0.6) is 0 Å². The van der Waals surface area contributed by atoms with Crippen LogP contribution in [0.2, 0.25) is 0 Å². The van der Waals surface area contributed by atoms with Gasteiger partial charge < -0.3 is 14.9 Å². The molecule has 3 heteroatoms. The fraction of sp³-hybridized carbons (Fsp3) is 1.00. The molecule has 1 atom stereocenters. The zero-order valence-electron chi connectivity index (χ0n) is 9.67.